The first-order valence-corrected chi connectivity index (χ1v) is 6.55. The molecule has 110 valence electrons. The van der Waals surface area contributed by atoms with E-state index in [4.69, 9.17) is 9.84 Å². The van der Waals surface area contributed by atoms with Gasteiger partial charge in [-0.15, -0.1) is 0 Å². The number of likely N-dealkylation sites (tertiary alicyclic amines) is 1. The third-order valence-corrected chi connectivity index (χ3v) is 3.55. The molecule has 1 amide bonds. The van der Waals surface area contributed by atoms with Crippen LogP contribution in [0.4, 0.5) is 0 Å². The van der Waals surface area contributed by atoms with Crippen molar-refractivity contribution in [2.75, 3.05) is 19.7 Å². The number of hydrogen-bond donors (Lipinski definition) is 2. The third-order valence-electron chi connectivity index (χ3n) is 3.55. The number of carbonyl (C=O) groups excluding carboxylic acids is 1. The fourth-order valence-electron chi connectivity index (χ4n) is 2.48. The van der Waals surface area contributed by atoms with E-state index in [1.165, 1.54) is 0 Å². The van der Waals surface area contributed by atoms with Gasteiger partial charge >= 0.3 is 5.97 Å². The summed E-state index contributed by atoms with van der Waals surface area (Å²) in [5.41, 5.74) is 1.62. The fraction of sp³-hybridized carbons (Fsp3) is 0.357. The number of carboxylic acids is 1. The standard InChI is InChI=1S/C14H15N3O4/c1-14(21-5-12(18)19)6-17(7-14)13(20)9-2-3-10-11(4-9)16-8-15-10/h2-4,8H,5-7H2,1H3,(H,15,16)(H,18,19). The molecule has 0 unspecified atom stereocenters. The lowest BCUT2D eigenvalue weighted by atomic mass is 9.95. The van der Waals surface area contributed by atoms with E-state index < -0.39 is 11.6 Å². The lowest BCUT2D eigenvalue weighted by Crippen LogP contribution is -2.63. The molecular weight excluding hydrogens is 274 g/mol. The Kier molecular flexibility index (Phi) is 3.13. The first-order valence-electron chi connectivity index (χ1n) is 6.55. The number of nitrogens with zero attached hydrogens (tertiary/aromatic N) is 2. The highest BCUT2D eigenvalue weighted by molar-refractivity contribution is 5.97. The van der Waals surface area contributed by atoms with Crippen molar-refractivity contribution in [3.63, 3.8) is 0 Å². The number of imidazole rings is 1. The van der Waals surface area contributed by atoms with Gasteiger partial charge in [0.1, 0.15) is 12.2 Å². The van der Waals surface area contributed by atoms with Gasteiger partial charge < -0.3 is 19.7 Å². The maximum absolute atomic E-state index is 12.3. The highest BCUT2D eigenvalue weighted by atomic mass is 16.5. The molecule has 1 fully saturated rings. The van der Waals surface area contributed by atoms with E-state index in [9.17, 15) is 9.59 Å². The Balaban J connectivity index is 1.66. The zero-order valence-electron chi connectivity index (χ0n) is 11.5. The van der Waals surface area contributed by atoms with Crippen LogP contribution in [-0.2, 0) is 9.53 Å². The van der Waals surface area contributed by atoms with Crippen LogP contribution < -0.4 is 0 Å². The molecule has 3 rings (SSSR count). The fourth-order valence-corrected chi connectivity index (χ4v) is 2.48. The number of H-pyrrole nitrogens is 1. The van der Waals surface area contributed by atoms with Crippen LogP contribution in [0, 0.1) is 0 Å². The second kappa shape index (κ2) is 4.85. The molecule has 1 aliphatic rings. The number of benzene rings is 1. The predicted octanol–water partition coefficient (Wildman–Crippen LogP) is 0.879. The molecule has 0 saturated carbocycles. The Morgan fingerprint density at radius 3 is 2.95 bits per heavy atom. The predicted molar refractivity (Wildman–Crippen MR) is 74.0 cm³/mol. The van der Waals surface area contributed by atoms with Crippen molar-refractivity contribution in [1.29, 1.82) is 0 Å². The smallest absolute Gasteiger partial charge is 0.329 e. The van der Waals surface area contributed by atoms with Crippen LogP contribution in [0.15, 0.2) is 24.5 Å². The van der Waals surface area contributed by atoms with Gasteiger partial charge in [-0.1, -0.05) is 0 Å². The number of aliphatic carboxylic acids is 1. The van der Waals surface area contributed by atoms with Gasteiger partial charge in [0.15, 0.2) is 0 Å². The van der Waals surface area contributed by atoms with E-state index >= 15 is 0 Å². The molecule has 1 aliphatic heterocycles. The summed E-state index contributed by atoms with van der Waals surface area (Å²) in [6.45, 7) is 2.23. The van der Waals surface area contributed by atoms with Crippen molar-refractivity contribution < 1.29 is 19.4 Å². The van der Waals surface area contributed by atoms with Crippen LogP contribution >= 0.6 is 0 Å². The molecule has 2 N–H and O–H groups in total. The SMILES string of the molecule is CC1(OCC(=O)O)CN(C(=O)c2ccc3nc[nH]c3c2)C1. The summed E-state index contributed by atoms with van der Waals surface area (Å²) >= 11 is 0. The minimum Gasteiger partial charge on any atom is -0.480 e. The number of hydrogen-bond acceptors (Lipinski definition) is 4. The molecule has 2 heterocycles. The Morgan fingerprint density at radius 2 is 2.24 bits per heavy atom. The second-order valence-electron chi connectivity index (χ2n) is 5.43. The van der Waals surface area contributed by atoms with Crippen molar-refractivity contribution >= 4 is 22.9 Å². The second-order valence-corrected chi connectivity index (χ2v) is 5.43. The Morgan fingerprint density at radius 1 is 1.48 bits per heavy atom. The van der Waals surface area contributed by atoms with Crippen LogP contribution in [0.25, 0.3) is 11.0 Å². The summed E-state index contributed by atoms with van der Waals surface area (Å²) in [6.07, 6.45) is 1.58. The number of amides is 1. The maximum atomic E-state index is 12.3. The number of carboxylic acid groups (broad SMARTS) is 1. The molecule has 1 saturated heterocycles. The highest BCUT2D eigenvalue weighted by Crippen LogP contribution is 2.26. The Hall–Kier alpha value is -2.41. The zero-order chi connectivity index (χ0) is 15.0. The van der Waals surface area contributed by atoms with Crippen LogP contribution in [0.2, 0.25) is 0 Å². The lowest BCUT2D eigenvalue weighted by molar-refractivity contribution is -0.159. The number of fused-ring (bicyclic) bond motifs is 1. The molecule has 0 atom stereocenters. The normalized spacial score (nSPS) is 16.7. The minimum atomic E-state index is -1.01. The molecule has 2 aromatic rings. The molecule has 7 heteroatoms. The van der Waals surface area contributed by atoms with E-state index in [1.807, 2.05) is 0 Å². The van der Waals surface area contributed by atoms with Crippen molar-refractivity contribution in [2.45, 2.75) is 12.5 Å². The molecule has 0 aliphatic carbocycles. The van der Waals surface area contributed by atoms with Gasteiger partial charge in [-0.05, 0) is 25.1 Å². The van der Waals surface area contributed by atoms with Gasteiger partial charge in [-0.25, -0.2) is 9.78 Å². The number of nitrogens with one attached hydrogen (secondary N) is 1. The highest BCUT2D eigenvalue weighted by Gasteiger charge is 2.42. The molecular formula is C14H15N3O4. The van der Waals surface area contributed by atoms with Crippen molar-refractivity contribution in [2.24, 2.45) is 0 Å². The summed E-state index contributed by atoms with van der Waals surface area (Å²) in [7, 11) is 0. The summed E-state index contributed by atoms with van der Waals surface area (Å²) in [5, 5.41) is 8.61. The van der Waals surface area contributed by atoms with Crippen LogP contribution in [0.3, 0.4) is 0 Å². The molecule has 21 heavy (non-hydrogen) atoms. The monoisotopic (exact) mass is 289 g/mol. The molecule has 7 nitrogen and oxygen atoms in total. The average molecular weight is 289 g/mol. The van der Waals surface area contributed by atoms with Gasteiger partial charge in [0.05, 0.1) is 30.5 Å². The van der Waals surface area contributed by atoms with E-state index in [0.717, 1.165) is 11.0 Å². The zero-order valence-corrected chi connectivity index (χ0v) is 11.5. The average Bonchev–Trinajstić information content (AvgIpc) is 2.88. The summed E-state index contributed by atoms with van der Waals surface area (Å²) in [6, 6.07) is 5.29. The van der Waals surface area contributed by atoms with E-state index in [2.05, 4.69) is 9.97 Å². The summed E-state index contributed by atoms with van der Waals surface area (Å²) < 4.78 is 5.29. The lowest BCUT2D eigenvalue weighted by Gasteiger charge is -2.47. The van der Waals surface area contributed by atoms with Gasteiger partial charge in [-0.3, -0.25) is 4.79 Å². The largest absolute Gasteiger partial charge is 0.480 e. The number of aromatic nitrogens is 2. The molecule has 0 spiro atoms. The minimum absolute atomic E-state index is 0.0945. The van der Waals surface area contributed by atoms with Crippen molar-refractivity contribution in [3.05, 3.63) is 30.1 Å². The number of aromatic amines is 1. The van der Waals surface area contributed by atoms with Crippen LogP contribution in [-0.4, -0.2) is 57.1 Å². The number of ether oxygens (including phenoxy) is 1. The van der Waals surface area contributed by atoms with Crippen LogP contribution in [0.1, 0.15) is 17.3 Å². The molecule has 1 aromatic carbocycles. The topological polar surface area (TPSA) is 95.5 Å². The van der Waals surface area contributed by atoms with E-state index in [1.54, 1.807) is 36.4 Å². The van der Waals surface area contributed by atoms with Gasteiger partial charge in [0.2, 0.25) is 0 Å². The first-order chi connectivity index (χ1) is 9.97. The Bertz CT molecular complexity index is 703. The van der Waals surface area contributed by atoms with Gasteiger partial charge in [-0.2, -0.15) is 0 Å². The summed E-state index contributed by atoms with van der Waals surface area (Å²) in [4.78, 5) is 31.6. The van der Waals surface area contributed by atoms with Gasteiger partial charge in [0, 0.05) is 5.56 Å². The van der Waals surface area contributed by atoms with Crippen molar-refractivity contribution in [3.8, 4) is 0 Å². The van der Waals surface area contributed by atoms with E-state index in [-0.39, 0.29) is 12.5 Å². The number of rotatable bonds is 4. The Labute approximate surface area is 120 Å². The van der Waals surface area contributed by atoms with Gasteiger partial charge in [0.25, 0.3) is 5.91 Å². The first kappa shape index (κ1) is 13.6. The van der Waals surface area contributed by atoms with Crippen LogP contribution in [0.5, 0.6) is 0 Å². The van der Waals surface area contributed by atoms with Crippen molar-refractivity contribution in [1.82, 2.24) is 14.9 Å². The molecule has 1 aromatic heterocycles. The maximum Gasteiger partial charge on any atom is 0.329 e. The summed E-state index contributed by atoms with van der Waals surface area (Å²) in [5.74, 6) is -1.10. The third kappa shape index (κ3) is 2.59. The number of carbonyl (C=O) groups is 2. The molecule has 0 radical (unpaired) electrons. The molecule has 0 bridgehead atoms. The quantitative estimate of drug-likeness (QED) is 0.871. The van der Waals surface area contributed by atoms with E-state index in [0.29, 0.717) is 18.7 Å².